The zero-order valence-corrected chi connectivity index (χ0v) is 15.9. The minimum Gasteiger partial charge on any atom is -0.333 e. The average Bonchev–Trinajstić information content (AvgIpc) is 3.02. The molecule has 0 fully saturated rings. The van der Waals surface area contributed by atoms with Crippen LogP contribution < -0.4 is 4.72 Å². The predicted molar refractivity (Wildman–Crippen MR) is 94.7 cm³/mol. The molecule has 0 bridgehead atoms. The number of rotatable bonds is 4. The first kappa shape index (κ1) is 21.4. The first-order chi connectivity index (χ1) is 13.9. The molecule has 0 aliphatic rings. The Morgan fingerprint density at radius 2 is 1.63 bits per heavy atom. The van der Waals surface area contributed by atoms with E-state index in [0.717, 1.165) is 41.1 Å². The SMILES string of the molecule is Cn1cc(C(=O)NS(=O)(=O)c2ccccc2C(F)(F)F)nc1-c1c(F)cccc1F. The van der Waals surface area contributed by atoms with Gasteiger partial charge in [0.25, 0.3) is 15.9 Å². The molecule has 1 N–H and O–H groups in total. The van der Waals surface area contributed by atoms with Crippen LogP contribution in [-0.4, -0.2) is 23.9 Å². The Hall–Kier alpha value is -3.28. The second-order valence-electron chi connectivity index (χ2n) is 6.09. The fourth-order valence-corrected chi connectivity index (χ4v) is 3.87. The number of sulfonamides is 1. The number of benzene rings is 2. The Labute approximate surface area is 167 Å². The van der Waals surface area contributed by atoms with Crippen LogP contribution in [0.3, 0.4) is 0 Å². The van der Waals surface area contributed by atoms with Crippen molar-refractivity contribution in [2.45, 2.75) is 11.1 Å². The van der Waals surface area contributed by atoms with Gasteiger partial charge in [-0.3, -0.25) is 4.79 Å². The highest BCUT2D eigenvalue weighted by molar-refractivity contribution is 7.90. The van der Waals surface area contributed by atoms with Gasteiger partial charge in [-0.1, -0.05) is 18.2 Å². The van der Waals surface area contributed by atoms with E-state index in [4.69, 9.17) is 0 Å². The summed E-state index contributed by atoms with van der Waals surface area (Å²) in [6.07, 6.45) is -3.99. The van der Waals surface area contributed by atoms with E-state index < -0.39 is 55.5 Å². The van der Waals surface area contributed by atoms with Gasteiger partial charge in [0.15, 0.2) is 0 Å². The van der Waals surface area contributed by atoms with Crippen LogP contribution in [0.1, 0.15) is 16.1 Å². The lowest BCUT2D eigenvalue weighted by Crippen LogP contribution is -2.32. The Bertz CT molecular complexity index is 1220. The van der Waals surface area contributed by atoms with Crippen molar-refractivity contribution in [1.82, 2.24) is 14.3 Å². The van der Waals surface area contributed by atoms with Crippen LogP contribution in [0.25, 0.3) is 11.4 Å². The normalized spacial score (nSPS) is 12.1. The summed E-state index contributed by atoms with van der Waals surface area (Å²) in [5.41, 5.74) is -2.58. The highest BCUT2D eigenvalue weighted by Gasteiger charge is 2.37. The molecule has 1 heterocycles. The summed E-state index contributed by atoms with van der Waals surface area (Å²) in [5, 5.41) is 0. The zero-order chi connectivity index (χ0) is 22.3. The fourth-order valence-electron chi connectivity index (χ4n) is 2.68. The molecule has 0 spiro atoms. The molecule has 30 heavy (non-hydrogen) atoms. The number of nitrogens with zero attached hydrogens (tertiary/aromatic N) is 2. The number of halogens is 5. The van der Waals surface area contributed by atoms with Gasteiger partial charge in [0.1, 0.15) is 23.2 Å². The van der Waals surface area contributed by atoms with Gasteiger partial charge in [-0.2, -0.15) is 13.2 Å². The molecule has 0 atom stereocenters. The quantitative estimate of drug-likeness (QED) is 0.624. The lowest BCUT2D eigenvalue weighted by molar-refractivity contribution is -0.139. The largest absolute Gasteiger partial charge is 0.417 e. The van der Waals surface area contributed by atoms with Crippen molar-refractivity contribution >= 4 is 15.9 Å². The summed E-state index contributed by atoms with van der Waals surface area (Å²) in [6, 6.07) is 6.35. The summed E-state index contributed by atoms with van der Waals surface area (Å²) < 4.78 is 94.5. The van der Waals surface area contributed by atoms with Crippen LogP contribution in [0.4, 0.5) is 22.0 Å². The zero-order valence-electron chi connectivity index (χ0n) is 15.0. The van der Waals surface area contributed by atoms with Crippen LogP contribution in [0.5, 0.6) is 0 Å². The summed E-state index contributed by atoms with van der Waals surface area (Å²) in [7, 11) is -3.62. The summed E-state index contributed by atoms with van der Waals surface area (Å²) in [6.45, 7) is 0. The lowest BCUT2D eigenvalue weighted by atomic mass is 10.2. The van der Waals surface area contributed by atoms with Gasteiger partial charge >= 0.3 is 6.18 Å². The molecule has 0 aliphatic carbocycles. The van der Waals surface area contributed by atoms with Gasteiger partial charge < -0.3 is 4.57 Å². The maximum absolute atomic E-state index is 14.0. The molecule has 0 aliphatic heterocycles. The third-order valence-electron chi connectivity index (χ3n) is 4.00. The molecule has 0 unspecified atom stereocenters. The maximum atomic E-state index is 14.0. The Morgan fingerprint density at radius 1 is 1.03 bits per heavy atom. The van der Waals surface area contributed by atoms with Crippen molar-refractivity contribution < 1.29 is 35.2 Å². The van der Waals surface area contributed by atoms with E-state index in [2.05, 4.69) is 4.98 Å². The van der Waals surface area contributed by atoms with E-state index in [0.29, 0.717) is 12.1 Å². The standard InChI is InChI=1S/C18H12F5N3O3S/c1-26-9-13(24-16(26)15-11(19)6-4-7-12(15)20)17(27)25-30(28,29)14-8-3-2-5-10(14)18(21,22)23/h2-9H,1H3,(H,25,27). The van der Waals surface area contributed by atoms with Gasteiger partial charge in [0.2, 0.25) is 0 Å². The molecule has 1 amide bonds. The molecule has 0 saturated carbocycles. The molecule has 6 nitrogen and oxygen atoms in total. The number of hydrogen-bond donors (Lipinski definition) is 1. The number of alkyl halides is 3. The van der Waals surface area contributed by atoms with Crippen LogP contribution in [0, 0.1) is 11.6 Å². The van der Waals surface area contributed by atoms with Crippen molar-refractivity contribution in [1.29, 1.82) is 0 Å². The second-order valence-corrected chi connectivity index (χ2v) is 7.74. The summed E-state index contributed by atoms with van der Waals surface area (Å²) >= 11 is 0. The molecule has 0 radical (unpaired) electrons. The maximum Gasteiger partial charge on any atom is 0.417 e. The van der Waals surface area contributed by atoms with Crippen molar-refractivity contribution in [2.24, 2.45) is 7.05 Å². The minimum absolute atomic E-state index is 0.316. The molecule has 2 aromatic carbocycles. The first-order valence-electron chi connectivity index (χ1n) is 8.13. The summed E-state index contributed by atoms with van der Waals surface area (Å²) in [5.74, 6) is -3.63. The van der Waals surface area contributed by atoms with Crippen molar-refractivity contribution in [3.63, 3.8) is 0 Å². The molecule has 0 saturated heterocycles. The van der Waals surface area contributed by atoms with Crippen molar-refractivity contribution in [2.75, 3.05) is 0 Å². The molecular formula is C18H12F5N3O3S. The highest BCUT2D eigenvalue weighted by atomic mass is 32.2. The van der Waals surface area contributed by atoms with Gasteiger partial charge in [0, 0.05) is 13.2 Å². The van der Waals surface area contributed by atoms with E-state index in [-0.39, 0.29) is 5.82 Å². The number of hydrogen-bond acceptors (Lipinski definition) is 4. The number of aryl methyl sites for hydroxylation is 1. The molecular weight excluding hydrogens is 433 g/mol. The average molecular weight is 445 g/mol. The number of aromatic nitrogens is 2. The highest BCUT2D eigenvalue weighted by Crippen LogP contribution is 2.34. The molecule has 3 aromatic rings. The van der Waals surface area contributed by atoms with E-state index >= 15 is 0 Å². The predicted octanol–water partition coefficient (Wildman–Crippen LogP) is 3.50. The van der Waals surface area contributed by atoms with E-state index in [1.165, 1.54) is 11.8 Å². The van der Waals surface area contributed by atoms with Gasteiger partial charge in [-0.15, -0.1) is 0 Å². The smallest absolute Gasteiger partial charge is 0.333 e. The van der Waals surface area contributed by atoms with Crippen LogP contribution >= 0.6 is 0 Å². The van der Waals surface area contributed by atoms with Crippen LogP contribution in [0.15, 0.2) is 53.6 Å². The van der Waals surface area contributed by atoms with Crippen LogP contribution in [-0.2, 0) is 23.2 Å². The number of amides is 1. The Balaban J connectivity index is 1.97. The lowest BCUT2D eigenvalue weighted by Gasteiger charge is -2.13. The third-order valence-corrected chi connectivity index (χ3v) is 5.39. The topological polar surface area (TPSA) is 81.1 Å². The number of imidazole rings is 1. The monoisotopic (exact) mass is 445 g/mol. The number of carbonyl (C=O) groups excluding carboxylic acids is 1. The minimum atomic E-state index is -4.98. The number of carbonyl (C=O) groups is 1. The van der Waals surface area contributed by atoms with E-state index in [1.807, 2.05) is 0 Å². The third kappa shape index (κ3) is 4.03. The fraction of sp³-hybridized carbons (Fsp3) is 0.111. The summed E-state index contributed by atoms with van der Waals surface area (Å²) in [4.78, 5) is 14.9. The van der Waals surface area contributed by atoms with Crippen LogP contribution in [0.2, 0.25) is 0 Å². The van der Waals surface area contributed by atoms with Gasteiger partial charge in [-0.05, 0) is 24.3 Å². The van der Waals surface area contributed by atoms with Gasteiger partial charge in [-0.25, -0.2) is 26.9 Å². The number of nitrogens with one attached hydrogen (secondary N) is 1. The van der Waals surface area contributed by atoms with Crippen molar-refractivity contribution in [3.8, 4) is 11.4 Å². The Morgan fingerprint density at radius 3 is 2.23 bits per heavy atom. The van der Waals surface area contributed by atoms with E-state index in [9.17, 15) is 35.2 Å². The Kier molecular flexibility index (Phi) is 5.37. The molecule has 3 rings (SSSR count). The van der Waals surface area contributed by atoms with Gasteiger partial charge in [0.05, 0.1) is 16.0 Å². The molecule has 158 valence electrons. The van der Waals surface area contributed by atoms with Crippen molar-refractivity contribution in [3.05, 3.63) is 71.6 Å². The molecule has 1 aromatic heterocycles. The van der Waals surface area contributed by atoms with E-state index in [1.54, 1.807) is 0 Å². The first-order valence-corrected chi connectivity index (χ1v) is 9.61. The second kappa shape index (κ2) is 7.52. The molecule has 12 heteroatoms.